The third-order valence-corrected chi connectivity index (χ3v) is 6.27. The van der Waals surface area contributed by atoms with E-state index in [4.69, 9.17) is 21.1 Å². The van der Waals surface area contributed by atoms with E-state index in [-0.39, 0.29) is 17.8 Å². The Labute approximate surface area is 210 Å². The zero-order valence-corrected chi connectivity index (χ0v) is 19.8. The van der Waals surface area contributed by atoms with Gasteiger partial charge in [0.25, 0.3) is 10.9 Å². The van der Waals surface area contributed by atoms with Crippen molar-refractivity contribution >= 4 is 39.7 Å². The van der Waals surface area contributed by atoms with Gasteiger partial charge in [-0.3, -0.25) is 9.59 Å². The monoisotopic (exact) mass is 507 g/mol. The maximum Gasteiger partial charge on any atom is 0.326 e. The normalized spacial score (nSPS) is 14.6. The molecule has 10 heteroatoms. The van der Waals surface area contributed by atoms with Crippen LogP contribution in [0.25, 0.3) is 10.8 Å². The van der Waals surface area contributed by atoms with Crippen LogP contribution in [-0.4, -0.2) is 48.4 Å². The van der Waals surface area contributed by atoms with E-state index in [1.807, 2.05) is 24.3 Å². The topological polar surface area (TPSA) is 118 Å². The molecule has 184 valence electrons. The molecule has 1 atom stereocenters. The average Bonchev–Trinajstić information content (AvgIpc) is 2.89. The first-order valence-electron chi connectivity index (χ1n) is 11.4. The molecule has 1 aromatic heterocycles. The van der Waals surface area contributed by atoms with Gasteiger partial charge in [-0.1, -0.05) is 41.9 Å². The molecule has 0 aliphatic carbocycles. The minimum Gasteiger partial charge on any atom is -0.480 e. The summed E-state index contributed by atoms with van der Waals surface area (Å²) in [6.45, 7) is 1.82. The van der Waals surface area contributed by atoms with Crippen molar-refractivity contribution < 1.29 is 19.4 Å². The molecular formula is C26H22ClN3O6. The molecule has 1 aliphatic heterocycles. The van der Waals surface area contributed by atoms with E-state index >= 15 is 0 Å². The molecule has 2 heterocycles. The van der Waals surface area contributed by atoms with Crippen LogP contribution in [0.3, 0.4) is 0 Å². The van der Waals surface area contributed by atoms with Crippen molar-refractivity contribution in [3.05, 3.63) is 85.8 Å². The summed E-state index contributed by atoms with van der Waals surface area (Å²) in [5, 5.41) is 14.6. The number of hydrogen-bond acceptors (Lipinski definition) is 8. The maximum atomic E-state index is 12.2. The second kappa shape index (κ2) is 9.96. The van der Waals surface area contributed by atoms with Gasteiger partial charge < -0.3 is 24.8 Å². The van der Waals surface area contributed by atoms with Crippen LogP contribution in [0.4, 0.5) is 11.4 Å². The molecule has 2 N–H and O–H groups in total. The molecule has 9 nitrogen and oxygen atoms in total. The number of anilines is 2. The Bertz CT molecular complexity index is 1490. The number of fused-ring (bicyclic) bond motifs is 1. The second-order valence-corrected chi connectivity index (χ2v) is 8.83. The lowest BCUT2D eigenvalue weighted by atomic mass is 10.0. The number of nitrogens with zero attached hydrogens (tertiary/aromatic N) is 2. The lowest BCUT2D eigenvalue weighted by Gasteiger charge is -2.31. The highest BCUT2D eigenvalue weighted by atomic mass is 35.5. The van der Waals surface area contributed by atoms with Gasteiger partial charge in [0.1, 0.15) is 28.3 Å². The number of nitrogens with one attached hydrogen (secondary N) is 1. The van der Waals surface area contributed by atoms with Gasteiger partial charge in [0.2, 0.25) is 5.88 Å². The molecule has 0 spiro atoms. The number of carboxylic acid groups (broad SMARTS) is 1. The van der Waals surface area contributed by atoms with Gasteiger partial charge in [-0.15, -0.1) is 0 Å². The molecule has 5 rings (SSSR count). The van der Waals surface area contributed by atoms with Crippen molar-refractivity contribution in [3.8, 4) is 11.6 Å². The van der Waals surface area contributed by atoms with Gasteiger partial charge in [-0.2, -0.15) is 0 Å². The number of ether oxygens (including phenoxy) is 2. The van der Waals surface area contributed by atoms with E-state index in [0.717, 1.165) is 10.8 Å². The number of halogens is 1. The van der Waals surface area contributed by atoms with Crippen LogP contribution in [-0.2, 0) is 16.0 Å². The highest BCUT2D eigenvalue weighted by Gasteiger charge is 2.30. The molecule has 36 heavy (non-hydrogen) atoms. The molecule has 0 unspecified atom stereocenters. The summed E-state index contributed by atoms with van der Waals surface area (Å²) in [4.78, 5) is 42.4. The Morgan fingerprint density at radius 3 is 2.56 bits per heavy atom. The molecule has 0 radical (unpaired) electrons. The van der Waals surface area contributed by atoms with Crippen LogP contribution in [0, 0.1) is 0 Å². The minimum absolute atomic E-state index is 0.0492. The number of hydrogen-bond donors (Lipinski definition) is 2. The van der Waals surface area contributed by atoms with E-state index in [1.165, 1.54) is 0 Å². The van der Waals surface area contributed by atoms with Crippen LogP contribution in [0.1, 0.15) is 5.56 Å². The van der Waals surface area contributed by atoms with Crippen molar-refractivity contribution in [2.45, 2.75) is 12.5 Å². The van der Waals surface area contributed by atoms with Gasteiger partial charge in [0.05, 0.1) is 13.2 Å². The molecule has 1 saturated heterocycles. The van der Waals surface area contributed by atoms with Crippen LogP contribution >= 0.6 is 11.6 Å². The Morgan fingerprint density at radius 2 is 1.83 bits per heavy atom. The predicted octanol–water partition coefficient (Wildman–Crippen LogP) is 3.22. The second-order valence-electron chi connectivity index (χ2n) is 8.44. The van der Waals surface area contributed by atoms with Crippen LogP contribution in [0.2, 0.25) is 5.15 Å². The highest BCUT2D eigenvalue weighted by Crippen LogP contribution is 2.30. The van der Waals surface area contributed by atoms with Crippen molar-refractivity contribution in [3.63, 3.8) is 0 Å². The zero-order valence-electron chi connectivity index (χ0n) is 19.1. The summed E-state index contributed by atoms with van der Waals surface area (Å²) in [6, 6.07) is 15.1. The first-order chi connectivity index (χ1) is 17.4. The summed E-state index contributed by atoms with van der Waals surface area (Å²) >= 11 is 6.13. The SMILES string of the molecule is O=C(O)[C@H](Cc1ccc(Oc2nc(Cl)cc3ccccc23)cc1)Nc1c(N2CCOCC2)c(=O)c1=O. The first kappa shape index (κ1) is 23.8. The number of benzene rings is 2. The third-order valence-electron chi connectivity index (χ3n) is 6.08. The lowest BCUT2D eigenvalue weighted by molar-refractivity contribution is -0.137. The quantitative estimate of drug-likeness (QED) is 0.274. The first-order valence-corrected chi connectivity index (χ1v) is 11.8. The molecule has 1 aliphatic rings. The van der Waals surface area contributed by atoms with Gasteiger partial charge in [0, 0.05) is 24.9 Å². The molecule has 4 aromatic rings. The zero-order chi connectivity index (χ0) is 25.2. The number of aliphatic carboxylic acids is 1. The smallest absolute Gasteiger partial charge is 0.326 e. The van der Waals surface area contributed by atoms with Gasteiger partial charge in [-0.25, -0.2) is 9.78 Å². The molecule has 0 saturated carbocycles. The van der Waals surface area contributed by atoms with Gasteiger partial charge in [-0.05, 0) is 35.2 Å². The lowest BCUT2D eigenvalue weighted by Crippen LogP contribution is -2.48. The Balaban J connectivity index is 1.31. The minimum atomic E-state index is -1.13. The number of carbonyl (C=O) groups is 1. The Morgan fingerprint density at radius 1 is 1.11 bits per heavy atom. The predicted molar refractivity (Wildman–Crippen MR) is 136 cm³/mol. The van der Waals surface area contributed by atoms with Crippen molar-refractivity contribution in [2.75, 3.05) is 36.5 Å². The Hall–Kier alpha value is -3.95. The summed E-state index contributed by atoms with van der Waals surface area (Å²) < 4.78 is 11.2. The average molecular weight is 508 g/mol. The summed E-state index contributed by atoms with van der Waals surface area (Å²) in [5.74, 6) is -0.256. The van der Waals surface area contributed by atoms with Crippen molar-refractivity contribution in [1.82, 2.24) is 4.98 Å². The number of pyridine rings is 1. The summed E-state index contributed by atoms with van der Waals surface area (Å²) in [6.07, 6.45) is 0.0926. The van der Waals surface area contributed by atoms with Crippen molar-refractivity contribution in [1.29, 1.82) is 0 Å². The summed E-state index contributed by atoms with van der Waals surface area (Å²) in [5.41, 5.74) is -0.314. The number of carboxylic acids is 1. The fourth-order valence-corrected chi connectivity index (χ4v) is 4.43. The number of aromatic nitrogens is 1. The van der Waals surface area contributed by atoms with E-state index < -0.39 is 22.9 Å². The molecular weight excluding hydrogens is 486 g/mol. The van der Waals surface area contributed by atoms with Gasteiger partial charge in [0.15, 0.2) is 0 Å². The van der Waals surface area contributed by atoms with Crippen LogP contribution in [0.5, 0.6) is 11.6 Å². The molecule has 1 fully saturated rings. The highest BCUT2D eigenvalue weighted by molar-refractivity contribution is 6.30. The number of rotatable bonds is 8. The fraction of sp³-hybridized carbons (Fsp3) is 0.231. The maximum absolute atomic E-state index is 12.2. The van der Waals surface area contributed by atoms with E-state index in [1.54, 1.807) is 35.2 Å². The largest absolute Gasteiger partial charge is 0.480 e. The summed E-state index contributed by atoms with van der Waals surface area (Å²) in [7, 11) is 0. The fourth-order valence-electron chi connectivity index (χ4n) is 4.23. The van der Waals surface area contributed by atoms with E-state index in [2.05, 4.69) is 10.3 Å². The third kappa shape index (κ3) is 4.75. The molecule has 0 amide bonds. The van der Waals surface area contributed by atoms with Gasteiger partial charge >= 0.3 is 5.97 Å². The van der Waals surface area contributed by atoms with Crippen LogP contribution < -0.4 is 25.8 Å². The van der Waals surface area contributed by atoms with E-state index in [9.17, 15) is 19.5 Å². The van der Waals surface area contributed by atoms with Crippen molar-refractivity contribution in [2.24, 2.45) is 0 Å². The molecule has 0 bridgehead atoms. The van der Waals surface area contributed by atoms with E-state index in [0.29, 0.717) is 48.6 Å². The molecule has 3 aromatic carbocycles. The van der Waals surface area contributed by atoms with Crippen LogP contribution in [0.15, 0.2) is 64.2 Å². The Kier molecular flexibility index (Phi) is 6.58. The number of morpholine rings is 1. The standard InChI is InChI=1S/C26H22ClN3O6/c27-20-14-16-3-1-2-4-18(16)25(29-20)36-17-7-5-15(6-8-17)13-19(26(33)34)28-21-22(24(32)23(21)31)30-9-11-35-12-10-30/h1-8,14,19,28H,9-13H2,(H,33,34)/t19-/m0/s1.